The quantitative estimate of drug-likeness (QED) is 0.514. The highest BCUT2D eigenvalue weighted by Gasteiger charge is 2.35. The average molecular weight is 125 g/mol. The molecule has 1 N–H and O–H groups in total. The summed E-state index contributed by atoms with van der Waals surface area (Å²) in [6.07, 6.45) is 2.97. The van der Waals surface area contributed by atoms with Crippen LogP contribution in [0.2, 0.25) is 0 Å². The van der Waals surface area contributed by atoms with Crippen LogP contribution in [0.5, 0.6) is 0 Å². The van der Waals surface area contributed by atoms with Crippen LogP contribution < -0.4 is 5.32 Å². The third-order valence-corrected chi connectivity index (χ3v) is 3.21. The van der Waals surface area contributed by atoms with E-state index in [1.807, 2.05) is 0 Å². The minimum atomic E-state index is 1.02. The largest absolute Gasteiger partial charge is 0.316 e. The first-order chi connectivity index (χ1) is 4.38. The molecule has 3 atom stereocenters. The molecule has 1 nitrogen and oxygen atoms in total. The maximum Gasteiger partial charge on any atom is -0.00177 e. The van der Waals surface area contributed by atoms with E-state index in [1.165, 1.54) is 25.9 Å². The van der Waals surface area contributed by atoms with Gasteiger partial charge in [-0.1, -0.05) is 6.92 Å². The molecule has 52 valence electrons. The second-order valence-corrected chi connectivity index (χ2v) is 3.61. The molecular formula is C8H15N. The zero-order valence-corrected chi connectivity index (χ0v) is 6.06. The standard InChI is InChI=1S/C8H15N/c1-6-7-2-3-8(6)5-9-4-7/h6-9H,2-5H2,1H3/t6-,7-,8?/m0/s1. The molecule has 0 aromatic heterocycles. The first-order valence-electron chi connectivity index (χ1n) is 4.08. The van der Waals surface area contributed by atoms with Gasteiger partial charge < -0.3 is 5.32 Å². The Hall–Kier alpha value is -0.0400. The van der Waals surface area contributed by atoms with Crippen molar-refractivity contribution in [2.24, 2.45) is 17.8 Å². The molecule has 1 unspecified atom stereocenters. The van der Waals surface area contributed by atoms with E-state index in [0.29, 0.717) is 0 Å². The smallest absolute Gasteiger partial charge is 0.00177 e. The molecule has 1 heteroatoms. The summed E-state index contributed by atoms with van der Waals surface area (Å²) in [5.41, 5.74) is 0. The number of nitrogens with one attached hydrogen (secondary N) is 1. The number of piperidine rings is 1. The lowest BCUT2D eigenvalue weighted by Gasteiger charge is -2.27. The van der Waals surface area contributed by atoms with Crippen LogP contribution >= 0.6 is 0 Å². The predicted octanol–water partition coefficient (Wildman–Crippen LogP) is 1.25. The van der Waals surface area contributed by atoms with Crippen LogP contribution in [-0.2, 0) is 0 Å². The molecule has 0 aromatic carbocycles. The number of hydrogen-bond acceptors (Lipinski definition) is 1. The van der Waals surface area contributed by atoms with Gasteiger partial charge in [-0.15, -0.1) is 0 Å². The highest BCUT2D eigenvalue weighted by Crippen LogP contribution is 2.38. The third-order valence-electron chi connectivity index (χ3n) is 3.21. The van der Waals surface area contributed by atoms with Crippen LogP contribution in [0.4, 0.5) is 0 Å². The topological polar surface area (TPSA) is 12.0 Å². The van der Waals surface area contributed by atoms with E-state index in [1.54, 1.807) is 0 Å². The first kappa shape index (κ1) is 5.72. The van der Waals surface area contributed by atoms with E-state index in [-0.39, 0.29) is 0 Å². The Balaban J connectivity index is 2.10. The van der Waals surface area contributed by atoms with Gasteiger partial charge in [-0.3, -0.25) is 0 Å². The van der Waals surface area contributed by atoms with Gasteiger partial charge in [0.2, 0.25) is 0 Å². The molecule has 2 fully saturated rings. The molecule has 2 aliphatic rings. The molecule has 1 saturated heterocycles. The molecule has 2 rings (SSSR count). The lowest BCUT2D eigenvalue weighted by atomic mass is 9.88. The molecule has 0 amide bonds. The van der Waals surface area contributed by atoms with Crippen LogP contribution in [0.25, 0.3) is 0 Å². The summed E-state index contributed by atoms with van der Waals surface area (Å²) in [4.78, 5) is 0. The van der Waals surface area contributed by atoms with Crippen LogP contribution in [0.3, 0.4) is 0 Å². The van der Waals surface area contributed by atoms with E-state index in [0.717, 1.165) is 17.8 Å². The van der Waals surface area contributed by atoms with E-state index < -0.39 is 0 Å². The molecular weight excluding hydrogens is 110 g/mol. The van der Waals surface area contributed by atoms with Crippen molar-refractivity contribution in [1.29, 1.82) is 0 Å². The first-order valence-corrected chi connectivity index (χ1v) is 4.08. The Morgan fingerprint density at radius 1 is 1.11 bits per heavy atom. The monoisotopic (exact) mass is 125 g/mol. The highest BCUT2D eigenvalue weighted by atomic mass is 14.9. The third kappa shape index (κ3) is 0.787. The number of fused-ring (bicyclic) bond motifs is 2. The van der Waals surface area contributed by atoms with Crippen LogP contribution in [-0.4, -0.2) is 13.1 Å². The van der Waals surface area contributed by atoms with Crippen molar-refractivity contribution in [3.63, 3.8) is 0 Å². The van der Waals surface area contributed by atoms with Gasteiger partial charge in [0.05, 0.1) is 0 Å². The van der Waals surface area contributed by atoms with Crippen LogP contribution in [0.15, 0.2) is 0 Å². The highest BCUT2D eigenvalue weighted by molar-refractivity contribution is 4.88. The zero-order valence-electron chi connectivity index (χ0n) is 6.06. The fraction of sp³-hybridized carbons (Fsp3) is 1.00. The van der Waals surface area contributed by atoms with Gasteiger partial charge in [0.1, 0.15) is 0 Å². The van der Waals surface area contributed by atoms with E-state index in [4.69, 9.17) is 0 Å². The predicted molar refractivity (Wildman–Crippen MR) is 38.2 cm³/mol. The molecule has 9 heavy (non-hydrogen) atoms. The molecule has 0 aromatic rings. The summed E-state index contributed by atoms with van der Waals surface area (Å²) in [5.74, 6) is 3.05. The van der Waals surface area contributed by atoms with Crippen molar-refractivity contribution in [3.8, 4) is 0 Å². The summed E-state index contributed by atoms with van der Waals surface area (Å²) >= 11 is 0. The van der Waals surface area contributed by atoms with Gasteiger partial charge in [0.25, 0.3) is 0 Å². The van der Waals surface area contributed by atoms with Gasteiger partial charge in [0, 0.05) is 0 Å². The average Bonchev–Trinajstić information content (AvgIpc) is 2.19. The van der Waals surface area contributed by atoms with E-state index in [9.17, 15) is 0 Å². The zero-order chi connectivity index (χ0) is 6.27. The van der Waals surface area contributed by atoms with Gasteiger partial charge in [-0.25, -0.2) is 0 Å². The van der Waals surface area contributed by atoms with E-state index >= 15 is 0 Å². The fourth-order valence-corrected chi connectivity index (χ4v) is 2.37. The lowest BCUT2D eigenvalue weighted by molar-refractivity contribution is 0.267. The Morgan fingerprint density at radius 3 is 2.11 bits per heavy atom. The van der Waals surface area contributed by atoms with E-state index in [2.05, 4.69) is 12.2 Å². The minimum absolute atomic E-state index is 1.02. The molecule has 0 radical (unpaired) electrons. The second-order valence-electron chi connectivity index (χ2n) is 3.61. The summed E-state index contributed by atoms with van der Waals surface area (Å²) in [6, 6.07) is 0. The minimum Gasteiger partial charge on any atom is -0.316 e. The Bertz CT molecular complexity index is 95.1. The van der Waals surface area contributed by atoms with Gasteiger partial charge in [0.15, 0.2) is 0 Å². The number of rotatable bonds is 0. The second kappa shape index (κ2) is 1.98. The number of hydrogen-bond donors (Lipinski definition) is 1. The molecule has 2 bridgehead atoms. The van der Waals surface area contributed by atoms with Crippen molar-refractivity contribution >= 4 is 0 Å². The molecule has 1 heterocycles. The van der Waals surface area contributed by atoms with Crippen molar-refractivity contribution in [2.45, 2.75) is 19.8 Å². The van der Waals surface area contributed by atoms with Crippen molar-refractivity contribution in [3.05, 3.63) is 0 Å². The molecule has 0 spiro atoms. The van der Waals surface area contributed by atoms with Gasteiger partial charge in [-0.05, 0) is 43.7 Å². The lowest BCUT2D eigenvalue weighted by Crippen LogP contribution is -2.36. The molecule has 1 aliphatic carbocycles. The summed E-state index contributed by atoms with van der Waals surface area (Å²) in [6.45, 7) is 5.00. The maximum atomic E-state index is 3.48. The van der Waals surface area contributed by atoms with Crippen LogP contribution in [0.1, 0.15) is 19.8 Å². The Labute approximate surface area is 56.8 Å². The molecule has 1 aliphatic heterocycles. The molecule has 1 saturated carbocycles. The normalized spacial score (nSPS) is 49.7. The van der Waals surface area contributed by atoms with Gasteiger partial charge in [-0.2, -0.15) is 0 Å². The maximum absolute atomic E-state index is 3.48. The van der Waals surface area contributed by atoms with Crippen molar-refractivity contribution in [1.82, 2.24) is 5.32 Å². The Morgan fingerprint density at radius 2 is 1.67 bits per heavy atom. The fourth-order valence-electron chi connectivity index (χ4n) is 2.37. The summed E-state index contributed by atoms with van der Waals surface area (Å²) in [7, 11) is 0. The summed E-state index contributed by atoms with van der Waals surface area (Å²) in [5, 5.41) is 3.48. The van der Waals surface area contributed by atoms with Crippen molar-refractivity contribution in [2.75, 3.05) is 13.1 Å². The Kier molecular flexibility index (Phi) is 1.26. The van der Waals surface area contributed by atoms with Gasteiger partial charge >= 0.3 is 0 Å². The SMILES string of the molecule is C[C@@H]1C2CC[C@H]1CNC2. The van der Waals surface area contributed by atoms with Crippen LogP contribution in [0, 0.1) is 17.8 Å². The summed E-state index contributed by atoms with van der Waals surface area (Å²) < 4.78 is 0. The van der Waals surface area contributed by atoms with Crippen molar-refractivity contribution < 1.29 is 0 Å².